The number of hydrogen-bond donors (Lipinski definition) is 2. The summed E-state index contributed by atoms with van der Waals surface area (Å²) in [6.45, 7) is 1.88. The predicted octanol–water partition coefficient (Wildman–Crippen LogP) is 3.48. The van der Waals surface area contributed by atoms with Gasteiger partial charge in [0.25, 0.3) is 11.6 Å². The Morgan fingerprint density at radius 2 is 1.85 bits per heavy atom. The zero-order valence-corrected chi connectivity index (χ0v) is 14.8. The summed E-state index contributed by atoms with van der Waals surface area (Å²) >= 11 is 0. The van der Waals surface area contributed by atoms with E-state index in [1.807, 2.05) is 31.2 Å². The van der Waals surface area contributed by atoms with Crippen LogP contribution in [0.25, 0.3) is 11.3 Å². The number of ether oxygens (including phenoxy) is 1. The Balaban J connectivity index is 1.77. The molecule has 0 unspecified atom stereocenters. The molecule has 0 fully saturated rings. The van der Waals surface area contributed by atoms with E-state index in [0.717, 1.165) is 11.3 Å². The highest BCUT2D eigenvalue weighted by Gasteiger charge is 2.18. The lowest BCUT2D eigenvalue weighted by molar-refractivity contribution is -0.384. The van der Waals surface area contributed by atoms with Crippen molar-refractivity contribution in [2.45, 2.75) is 13.0 Å². The molecule has 1 amide bonds. The number of non-ortho nitro benzene ring substituents is 1. The minimum absolute atomic E-state index is 0.0163. The summed E-state index contributed by atoms with van der Waals surface area (Å²) in [6, 6.07) is 13.1. The monoisotopic (exact) mass is 366 g/mol. The second-order valence-corrected chi connectivity index (χ2v) is 5.93. The second-order valence-electron chi connectivity index (χ2n) is 5.93. The van der Waals surface area contributed by atoms with Gasteiger partial charge in [-0.05, 0) is 36.8 Å². The topological polar surface area (TPSA) is 110 Å². The van der Waals surface area contributed by atoms with Crippen molar-refractivity contribution in [2.75, 3.05) is 7.11 Å². The molecule has 0 radical (unpaired) electrons. The summed E-state index contributed by atoms with van der Waals surface area (Å²) < 4.78 is 5.13. The number of benzene rings is 2. The average molecular weight is 366 g/mol. The highest BCUT2D eigenvalue weighted by molar-refractivity contribution is 6.00. The number of carbonyl (C=O) groups is 1. The quantitative estimate of drug-likeness (QED) is 0.512. The number of nitrogens with one attached hydrogen (secondary N) is 2. The SMILES string of the molecule is COc1ccc([C@@H](C)NC(=O)c2cn[nH]c2-c2ccc([N+](=O)[O-])cc2)cc1. The molecule has 138 valence electrons. The largest absolute Gasteiger partial charge is 0.497 e. The molecular weight excluding hydrogens is 348 g/mol. The van der Waals surface area contributed by atoms with E-state index in [1.165, 1.54) is 18.3 Å². The lowest BCUT2D eigenvalue weighted by Gasteiger charge is -2.15. The van der Waals surface area contributed by atoms with Crippen LogP contribution in [-0.4, -0.2) is 28.1 Å². The minimum Gasteiger partial charge on any atom is -0.497 e. The van der Waals surface area contributed by atoms with Gasteiger partial charge in [0, 0.05) is 17.7 Å². The number of aromatic nitrogens is 2. The van der Waals surface area contributed by atoms with Crippen molar-refractivity contribution < 1.29 is 14.5 Å². The molecule has 0 saturated heterocycles. The third-order valence-electron chi connectivity index (χ3n) is 4.21. The van der Waals surface area contributed by atoms with Crippen LogP contribution in [0.3, 0.4) is 0 Å². The zero-order chi connectivity index (χ0) is 19.4. The number of nitro benzene ring substituents is 1. The zero-order valence-electron chi connectivity index (χ0n) is 14.8. The number of carbonyl (C=O) groups excluding carboxylic acids is 1. The molecule has 2 aromatic carbocycles. The van der Waals surface area contributed by atoms with Gasteiger partial charge in [0.2, 0.25) is 0 Å². The molecule has 3 aromatic rings. The van der Waals surface area contributed by atoms with Gasteiger partial charge in [0.1, 0.15) is 5.75 Å². The number of H-pyrrole nitrogens is 1. The molecule has 0 aliphatic carbocycles. The standard InChI is InChI=1S/C19H18N4O4/c1-12(13-5-9-16(27-2)10-6-13)21-19(24)17-11-20-22-18(17)14-3-7-15(8-4-14)23(25)26/h3-12H,1-2H3,(H,20,22)(H,21,24)/t12-/m1/s1. The van der Waals surface area contributed by atoms with E-state index in [0.29, 0.717) is 16.8 Å². The number of rotatable bonds is 6. The second kappa shape index (κ2) is 7.69. The average Bonchev–Trinajstić information content (AvgIpc) is 3.18. The molecule has 1 atom stereocenters. The first-order valence-corrected chi connectivity index (χ1v) is 8.22. The maximum atomic E-state index is 12.7. The molecule has 8 heteroatoms. The Morgan fingerprint density at radius 3 is 2.44 bits per heavy atom. The van der Waals surface area contributed by atoms with Crippen molar-refractivity contribution >= 4 is 11.6 Å². The van der Waals surface area contributed by atoms with Gasteiger partial charge in [-0.2, -0.15) is 5.10 Å². The maximum Gasteiger partial charge on any atom is 0.269 e. The Kier molecular flexibility index (Phi) is 5.16. The highest BCUT2D eigenvalue weighted by Crippen LogP contribution is 2.24. The van der Waals surface area contributed by atoms with E-state index in [1.54, 1.807) is 19.2 Å². The number of nitrogens with zero attached hydrogens (tertiary/aromatic N) is 2. The lowest BCUT2D eigenvalue weighted by Crippen LogP contribution is -2.26. The first-order valence-electron chi connectivity index (χ1n) is 8.22. The summed E-state index contributed by atoms with van der Waals surface area (Å²) in [5.74, 6) is 0.452. The van der Waals surface area contributed by atoms with Crippen LogP contribution in [-0.2, 0) is 0 Å². The van der Waals surface area contributed by atoms with Crippen molar-refractivity contribution in [1.82, 2.24) is 15.5 Å². The first kappa shape index (κ1) is 18.1. The molecule has 8 nitrogen and oxygen atoms in total. The third-order valence-corrected chi connectivity index (χ3v) is 4.21. The Morgan fingerprint density at radius 1 is 1.19 bits per heavy atom. The molecule has 0 saturated carbocycles. The molecule has 27 heavy (non-hydrogen) atoms. The number of nitro groups is 1. The van der Waals surface area contributed by atoms with Gasteiger partial charge in [-0.1, -0.05) is 12.1 Å². The van der Waals surface area contributed by atoms with Gasteiger partial charge < -0.3 is 10.1 Å². The number of aromatic amines is 1. The fourth-order valence-corrected chi connectivity index (χ4v) is 2.68. The molecule has 1 heterocycles. The highest BCUT2D eigenvalue weighted by atomic mass is 16.6. The van der Waals surface area contributed by atoms with E-state index in [9.17, 15) is 14.9 Å². The van der Waals surface area contributed by atoms with Crippen molar-refractivity contribution in [2.24, 2.45) is 0 Å². The lowest BCUT2D eigenvalue weighted by atomic mass is 10.1. The van der Waals surface area contributed by atoms with E-state index in [-0.39, 0.29) is 17.6 Å². The van der Waals surface area contributed by atoms with Crippen LogP contribution in [0.5, 0.6) is 5.75 Å². The van der Waals surface area contributed by atoms with Gasteiger partial charge in [0.15, 0.2) is 0 Å². The molecule has 0 aliphatic rings. The van der Waals surface area contributed by atoms with Gasteiger partial charge in [-0.15, -0.1) is 0 Å². The summed E-state index contributed by atoms with van der Waals surface area (Å²) in [6.07, 6.45) is 1.44. The number of amides is 1. The number of hydrogen-bond acceptors (Lipinski definition) is 5. The summed E-state index contributed by atoms with van der Waals surface area (Å²) in [4.78, 5) is 23.0. The van der Waals surface area contributed by atoms with Gasteiger partial charge in [-0.3, -0.25) is 20.0 Å². The van der Waals surface area contributed by atoms with Crippen LogP contribution in [0, 0.1) is 10.1 Å². The molecule has 3 rings (SSSR count). The van der Waals surface area contributed by atoms with Gasteiger partial charge in [0.05, 0.1) is 35.5 Å². The van der Waals surface area contributed by atoms with E-state index >= 15 is 0 Å². The summed E-state index contributed by atoms with van der Waals surface area (Å²) in [5.41, 5.74) is 2.43. The van der Waals surface area contributed by atoms with Crippen molar-refractivity contribution in [3.8, 4) is 17.0 Å². The number of methoxy groups -OCH3 is 1. The van der Waals surface area contributed by atoms with Crippen LogP contribution in [0.2, 0.25) is 0 Å². The van der Waals surface area contributed by atoms with Gasteiger partial charge >= 0.3 is 0 Å². The van der Waals surface area contributed by atoms with Crippen molar-refractivity contribution in [1.29, 1.82) is 0 Å². The molecule has 0 bridgehead atoms. The van der Waals surface area contributed by atoms with E-state index in [2.05, 4.69) is 15.5 Å². The van der Waals surface area contributed by atoms with Crippen molar-refractivity contribution in [3.63, 3.8) is 0 Å². The summed E-state index contributed by atoms with van der Waals surface area (Å²) in [7, 11) is 1.60. The fraction of sp³-hybridized carbons (Fsp3) is 0.158. The Labute approximate surface area is 155 Å². The normalized spacial score (nSPS) is 11.6. The van der Waals surface area contributed by atoms with Crippen LogP contribution < -0.4 is 10.1 Å². The van der Waals surface area contributed by atoms with Gasteiger partial charge in [-0.25, -0.2) is 0 Å². The maximum absolute atomic E-state index is 12.7. The molecule has 0 aliphatic heterocycles. The third kappa shape index (κ3) is 3.95. The first-order chi connectivity index (χ1) is 13.0. The van der Waals surface area contributed by atoms with Crippen LogP contribution in [0.4, 0.5) is 5.69 Å². The molecular formula is C19H18N4O4. The van der Waals surface area contributed by atoms with E-state index < -0.39 is 4.92 Å². The van der Waals surface area contributed by atoms with Crippen LogP contribution >= 0.6 is 0 Å². The van der Waals surface area contributed by atoms with E-state index in [4.69, 9.17) is 4.74 Å². The smallest absolute Gasteiger partial charge is 0.269 e. The Hall–Kier alpha value is -3.68. The summed E-state index contributed by atoms with van der Waals surface area (Å²) in [5, 5.41) is 20.4. The molecule has 1 aromatic heterocycles. The van der Waals surface area contributed by atoms with Crippen LogP contribution in [0.15, 0.2) is 54.7 Å². The molecule has 0 spiro atoms. The van der Waals surface area contributed by atoms with Crippen LogP contribution in [0.1, 0.15) is 28.9 Å². The molecule has 2 N–H and O–H groups in total. The van der Waals surface area contributed by atoms with Crippen molar-refractivity contribution in [3.05, 3.63) is 76.0 Å². The predicted molar refractivity (Wildman–Crippen MR) is 99.6 cm³/mol. The minimum atomic E-state index is -0.471. The fourth-order valence-electron chi connectivity index (χ4n) is 2.68. The Bertz CT molecular complexity index is 949.